The van der Waals surface area contributed by atoms with E-state index in [1.165, 1.54) is 24.3 Å². The maximum Gasteiger partial charge on any atom is 0.358 e. The summed E-state index contributed by atoms with van der Waals surface area (Å²) in [5.74, 6) is -1.80. The third kappa shape index (κ3) is 2.68. The number of nitro groups is 1. The molecule has 0 aliphatic heterocycles. The first-order chi connectivity index (χ1) is 10.4. The number of methoxy groups -OCH3 is 1. The predicted octanol–water partition coefficient (Wildman–Crippen LogP) is 2.82. The summed E-state index contributed by atoms with van der Waals surface area (Å²) in [5.41, 5.74) is 4.52. The number of nitrogen functional groups attached to an aromatic ring is 1. The Morgan fingerprint density at radius 2 is 2.00 bits per heavy atom. The first-order valence-corrected chi connectivity index (χ1v) is 6.22. The van der Waals surface area contributed by atoms with Crippen molar-refractivity contribution < 1.29 is 18.8 Å². The second-order valence-electron chi connectivity index (χ2n) is 4.15. The van der Waals surface area contributed by atoms with Crippen molar-refractivity contribution in [3.63, 3.8) is 0 Å². The van der Waals surface area contributed by atoms with Crippen molar-refractivity contribution in [2.24, 2.45) is 0 Å². The van der Waals surface area contributed by atoms with Gasteiger partial charge in [-0.3, -0.25) is 10.1 Å². The third-order valence-corrected chi connectivity index (χ3v) is 3.23. The van der Waals surface area contributed by atoms with E-state index in [1.54, 1.807) is 0 Å². The van der Waals surface area contributed by atoms with E-state index in [9.17, 15) is 19.3 Å². The zero-order valence-corrected chi connectivity index (χ0v) is 11.9. The molecule has 22 heavy (non-hydrogen) atoms. The van der Waals surface area contributed by atoms with Gasteiger partial charge in [0.2, 0.25) is 0 Å². The van der Waals surface area contributed by atoms with Gasteiger partial charge in [0, 0.05) is 17.7 Å². The van der Waals surface area contributed by atoms with Crippen molar-refractivity contribution in [2.75, 3.05) is 12.8 Å². The summed E-state index contributed by atoms with van der Waals surface area (Å²) in [4.78, 5) is 25.4. The van der Waals surface area contributed by atoms with Gasteiger partial charge < -0.3 is 10.5 Å². The summed E-state index contributed by atoms with van der Waals surface area (Å²) < 4.78 is 18.7. The molecule has 9 heteroatoms. The highest BCUT2D eigenvalue weighted by atomic mass is 35.5. The predicted molar refractivity (Wildman–Crippen MR) is 77.0 cm³/mol. The highest BCUT2D eigenvalue weighted by Crippen LogP contribution is 2.32. The zero-order chi connectivity index (χ0) is 16.4. The average Bonchev–Trinajstić information content (AvgIpc) is 2.52. The number of rotatable bonds is 3. The summed E-state index contributed by atoms with van der Waals surface area (Å²) in [6.07, 6.45) is 0. The Kier molecular flexibility index (Phi) is 4.22. The molecule has 2 rings (SSSR count). The van der Waals surface area contributed by atoms with Crippen LogP contribution in [0.4, 0.5) is 15.8 Å². The molecule has 0 bridgehead atoms. The largest absolute Gasteiger partial charge is 0.464 e. The van der Waals surface area contributed by atoms with E-state index < -0.39 is 22.4 Å². The van der Waals surface area contributed by atoms with Crippen LogP contribution in [0.25, 0.3) is 11.3 Å². The van der Waals surface area contributed by atoms with E-state index >= 15 is 0 Å². The Morgan fingerprint density at radius 1 is 1.41 bits per heavy atom. The molecule has 1 heterocycles. The zero-order valence-electron chi connectivity index (χ0n) is 11.2. The number of pyridine rings is 1. The van der Waals surface area contributed by atoms with Gasteiger partial charge in [0.15, 0.2) is 11.5 Å². The van der Waals surface area contributed by atoms with Crippen LogP contribution in [-0.2, 0) is 4.74 Å². The van der Waals surface area contributed by atoms with Gasteiger partial charge in [-0.15, -0.1) is 0 Å². The lowest BCUT2D eigenvalue weighted by molar-refractivity contribution is -0.384. The number of hydrogen-bond acceptors (Lipinski definition) is 6. The highest BCUT2D eigenvalue weighted by Gasteiger charge is 2.23. The Hall–Kier alpha value is -2.74. The van der Waals surface area contributed by atoms with Crippen LogP contribution >= 0.6 is 11.6 Å². The van der Waals surface area contributed by atoms with E-state index in [1.807, 2.05) is 0 Å². The molecule has 7 nitrogen and oxygen atoms in total. The van der Waals surface area contributed by atoms with Crippen molar-refractivity contribution in [1.29, 1.82) is 0 Å². The number of anilines is 1. The Balaban J connectivity index is 2.62. The van der Waals surface area contributed by atoms with E-state index in [0.717, 1.165) is 7.11 Å². The number of benzene rings is 1. The van der Waals surface area contributed by atoms with Crippen LogP contribution in [0.15, 0.2) is 24.3 Å². The molecule has 1 aromatic heterocycles. The SMILES string of the molecule is COC(=O)c1nc(-c2ccc([N+](=O)[O-])cc2)c(F)c(N)c1Cl. The molecule has 0 saturated heterocycles. The lowest BCUT2D eigenvalue weighted by Gasteiger charge is -2.10. The molecule has 2 N–H and O–H groups in total. The average molecular weight is 326 g/mol. The molecule has 0 unspecified atom stereocenters. The first kappa shape index (κ1) is 15.6. The summed E-state index contributed by atoms with van der Waals surface area (Å²) in [5, 5.41) is 10.3. The Labute approximate surface area is 128 Å². The minimum Gasteiger partial charge on any atom is -0.464 e. The van der Waals surface area contributed by atoms with Crippen LogP contribution in [-0.4, -0.2) is 23.0 Å². The third-order valence-electron chi connectivity index (χ3n) is 2.84. The molecule has 0 radical (unpaired) electrons. The minimum atomic E-state index is -0.925. The van der Waals surface area contributed by atoms with E-state index in [0.29, 0.717) is 0 Å². The molecular formula is C13H9ClFN3O4. The number of ether oxygens (including phenoxy) is 1. The lowest BCUT2D eigenvalue weighted by Crippen LogP contribution is -2.10. The number of carbonyl (C=O) groups excluding carboxylic acids is 1. The minimum absolute atomic E-state index is 0.167. The summed E-state index contributed by atoms with van der Waals surface area (Å²) in [6, 6.07) is 4.94. The number of carbonyl (C=O) groups is 1. The van der Waals surface area contributed by atoms with Crippen LogP contribution in [0.5, 0.6) is 0 Å². The van der Waals surface area contributed by atoms with Crippen LogP contribution in [0.3, 0.4) is 0 Å². The lowest BCUT2D eigenvalue weighted by atomic mass is 10.1. The van der Waals surface area contributed by atoms with E-state index in [2.05, 4.69) is 9.72 Å². The van der Waals surface area contributed by atoms with Crippen molar-refractivity contribution in [3.05, 3.63) is 50.9 Å². The van der Waals surface area contributed by atoms with E-state index in [4.69, 9.17) is 17.3 Å². The number of aromatic nitrogens is 1. The smallest absolute Gasteiger partial charge is 0.358 e. The number of nitro benzene ring substituents is 1. The highest BCUT2D eigenvalue weighted by molar-refractivity contribution is 6.35. The molecule has 0 aliphatic carbocycles. The quantitative estimate of drug-likeness (QED) is 0.528. The van der Waals surface area contributed by atoms with Crippen LogP contribution < -0.4 is 5.73 Å². The number of halogens is 2. The molecule has 0 fully saturated rings. The number of nitrogens with zero attached hydrogens (tertiary/aromatic N) is 2. The summed E-state index contributed by atoms with van der Waals surface area (Å²) in [6.45, 7) is 0. The second kappa shape index (κ2) is 5.94. The van der Waals surface area contributed by atoms with Crippen molar-refractivity contribution in [2.45, 2.75) is 0 Å². The molecule has 2 aromatic rings. The molecule has 0 saturated carbocycles. The Morgan fingerprint density at radius 3 is 2.50 bits per heavy atom. The number of hydrogen-bond donors (Lipinski definition) is 1. The molecular weight excluding hydrogens is 317 g/mol. The number of non-ortho nitro benzene ring substituents is 1. The fourth-order valence-electron chi connectivity index (χ4n) is 1.73. The van der Waals surface area contributed by atoms with Crippen LogP contribution in [0.2, 0.25) is 5.02 Å². The van der Waals surface area contributed by atoms with Gasteiger partial charge in [0.1, 0.15) is 5.69 Å². The number of nitrogens with two attached hydrogens (primary N) is 1. The normalized spacial score (nSPS) is 10.3. The monoisotopic (exact) mass is 325 g/mol. The maximum absolute atomic E-state index is 14.2. The second-order valence-corrected chi connectivity index (χ2v) is 4.52. The summed E-state index contributed by atoms with van der Waals surface area (Å²) >= 11 is 5.78. The molecule has 114 valence electrons. The van der Waals surface area contributed by atoms with Gasteiger partial charge in [-0.1, -0.05) is 11.6 Å². The van der Waals surface area contributed by atoms with Gasteiger partial charge in [0.25, 0.3) is 5.69 Å². The first-order valence-electron chi connectivity index (χ1n) is 5.84. The Bertz CT molecular complexity index is 765. The fraction of sp³-hybridized carbons (Fsp3) is 0.0769. The summed E-state index contributed by atoms with van der Waals surface area (Å²) in [7, 11) is 1.12. The van der Waals surface area contributed by atoms with Crippen molar-refractivity contribution >= 4 is 28.9 Å². The van der Waals surface area contributed by atoms with Gasteiger partial charge in [-0.25, -0.2) is 14.2 Å². The van der Waals surface area contributed by atoms with Gasteiger partial charge in [-0.05, 0) is 12.1 Å². The van der Waals surface area contributed by atoms with Crippen LogP contribution in [0.1, 0.15) is 10.5 Å². The van der Waals surface area contributed by atoms with Crippen molar-refractivity contribution in [1.82, 2.24) is 4.98 Å². The van der Waals surface area contributed by atoms with E-state index in [-0.39, 0.29) is 27.7 Å². The standard InChI is InChI=1S/C13H9ClFN3O4/c1-22-13(19)12-8(14)10(16)9(15)11(17-12)6-2-4-7(5-3-6)18(20)21/h2-5H,1H3,(H2,16,17). The topological polar surface area (TPSA) is 108 Å². The molecule has 0 amide bonds. The van der Waals surface area contributed by atoms with Crippen molar-refractivity contribution in [3.8, 4) is 11.3 Å². The number of esters is 1. The van der Waals surface area contributed by atoms with Gasteiger partial charge in [-0.2, -0.15) is 0 Å². The van der Waals surface area contributed by atoms with Gasteiger partial charge >= 0.3 is 5.97 Å². The maximum atomic E-state index is 14.2. The molecule has 1 aromatic carbocycles. The molecule has 0 atom stereocenters. The fourth-order valence-corrected chi connectivity index (χ4v) is 1.93. The van der Waals surface area contributed by atoms with Crippen LogP contribution in [0, 0.1) is 15.9 Å². The molecule has 0 aliphatic rings. The van der Waals surface area contributed by atoms with Gasteiger partial charge in [0.05, 0.1) is 22.7 Å². The molecule has 0 spiro atoms.